The van der Waals surface area contributed by atoms with Crippen LogP contribution in [0.1, 0.15) is 30.5 Å². The second kappa shape index (κ2) is 10.3. The Morgan fingerprint density at radius 3 is 2.30 bits per heavy atom. The Morgan fingerprint density at radius 2 is 1.70 bits per heavy atom. The first-order chi connectivity index (χ1) is 15.7. The van der Waals surface area contributed by atoms with Gasteiger partial charge >= 0.3 is 0 Å². The predicted octanol–water partition coefficient (Wildman–Crippen LogP) is 4.37. The largest absolute Gasteiger partial charge is 0.348 e. The third kappa shape index (κ3) is 5.75. The minimum absolute atomic E-state index is 0.0186. The van der Waals surface area contributed by atoms with Crippen LogP contribution in [0.2, 0.25) is 0 Å². The van der Waals surface area contributed by atoms with E-state index in [0.29, 0.717) is 6.42 Å². The van der Waals surface area contributed by atoms with Crippen molar-refractivity contribution in [1.82, 2.24) is 5.32 Å². The topological polar surface area (TPSA) is 110 Å². The van der Waals surface area contributed by atoms with Gasteiger partial charge in [-0.25, -0.2) is 8.42 Å². The summed E-state index contributed by atoms with van der Waals surface area (Å²) in [6.45, 7) is 3.36. The SMILES string of the molecule is CCC(NC(=O)CN(c1cccc([N+](=O)[O-])c1)S(=O)(=O)c1ccccc1)c1ccc(C)cc1. The lowest BCUT2D eigenvalue weighted by Gasteiger charge is -2.25. The second-order valence-corrected chi connectivity index (χ2v) is 9.40. The third-order valence-corrected chi connectivity index (χ3v) is 6.96. The highest BCUT2D eigenvalue weighted by Crippen LogP contribution is 2.27. The van der Waals surface area contributed by atoms with Gasteiger partial charge in [-0.3, -0.25) is 19.2 Å². The molecule has 0 spiro atoms. The number of carbonyl (C=O) groups is 1. The van der Waals surface area contributed by atoms with Crippen molar-refractivity contribution in [3.8, 4) is 0 Å². The fourth-order valence-electron chi connectivity index (χ4n) is 3.39. The maximum Gasteiger partial charge on any atom is 0.271 e. The lowest BCUT2D eigenvalue weighted by Crippen LogP contribution is -2.42. The molecule has 1 N–H and O–H groups in total. The van der Waals surface area contributed by atoms with Crippen molar-refractivity contribution in [2.45, 2.75) is 31.2 Å². The number of amides is 1. The van der Waals surface area contributed by atoms with Crippen molar-refractivity contribution in [1.29, 1.82) is 0 Å². The lowest BCUT2D eigenvalue weighted by molar-refractivity contribution is -0.384. The highest BCUT2D eigenvalue weighted by molar-refractivity contribution is 7.92. The molecule has 0 saturated carbocycles. The Bertz CT molecular complexity index is 1230. The molecule has 3 aromatic carbocycles. The van der Waals surface area contributed by atoms with E-state index in [9.17, 15) is 23.3 Å². The number of nitrogens with one attached hydrogen (secondary N) is 1. The van der Waals surface area contributed by atoms with Gasteiger partial charge in [0.05, 0.1) is 21.5 Å². The average molecular weight is 468 g/mol. The van der Waals surface area contributed by atoms with Crippen LogP contribution in [0.4, 0.5) is 11.4 Å². The monoisotopic (exact) mass is 467 g/mol. The fraction of sp³-hybridized carbons (Fsp3) is 0.208. The van der Waals surface area contributed by atoms with Gasteiger partial charge in [0.2, 0.25) is 5.91 Å². The van der Waals surface area contributed by atoms with Gasteiger partial charge in [-0.1, -0.05) is 61.0 Å². The normalized spacial score (nSPS) is 12.1. The molecule has 0 heterocycles. The van der Waals surface area contributed by atoms with Crippen LogP contribution in [-0.4, -0.2) is 25.8 Å². The zero-order valence-corrected chi connectivity index (χ0v) is 19.2. The van der Waals surface area contributed by atoms with Crippen LogP contribution in [0.15, 0.2) is 83.8 Å². The van der Waals surface area contributed by atoms with Gasteiger partial charge in [0.15, 0.2) is 0 Å². The van der Waals surface area contributed by atoms with Crippen molar-refractivity contribution in [2.75, 3.05) is 10.8 Å². The smallest absolute Gasteiger partial charge is 0.271 e. The highest BCUT2D eigenvalue weighted by Gasteiger charge is 2.29. The standard InChI is InChI=1S/C24H25N3O5S/c1-3-23(19-14-12-18(2)13-15-19)25-24(28)17-26(20-8-7-9-21(16-20)27(29)30)33(31,32)22-10-5-4-6-11-22/h4-16,23H,3,17H2,1-2H3,(H,25,28). The number of hydrogen-bond acceptors (Lipinski definition) is 5. The first kappa shape index (κ1) is 23.9. The minimum Gasteiger partial charge on any atom is -0.348 e. The summed E-state index contributed by atoms with van der Waals surface area (Å²) in [7, 11) is -4.15. The average Bonchev–Trinajstić information content (AvgIpc) is 2.82. The zero-order chi connectivity index (χ0) is 24.0. The second-order valence-electron chi connectivity index (χ2n) is 7.54. The molecule has 1 unspecified atom stereocenters. The molecule has 3 rings (SSSR count). The number of non-ortho nitro benzene ring substituents is 1. The first-order valence-corrected chi connectivity index (χ1v) is 11.8. The van der Waals surface area contributed by atoms with Gasteiger partial charge in [0, 0.05) is 12.1 Å². The van der Waals surface area contributed by atoms with E-state index in [1.165, 1.54) is 30.3 Å². The lowest BCUT2D eigenvalue weighted by atomic mass is 10.0. The molecule has 0 aliphatic heterocycles. The van der Waals surface area contributed by atoms with Crippen LogP contribution in [0.5, 0.6) is 0 Å². The Kier molecular flexibility index (Phi) is 7.44. The number of carbonyl (C=O) groups excluding carboxylic acids is 1. The molecule has 0 aliphatic carbocycles. The Morgan fingerprint density at radius 1 is 1.03 bits per heavy atom. The maximum atomic E-state index is 13.4. The molecule has 0 saturated heterocycles. The molecule has 1 atom stereocenters. The summed E-state index contributed by atoms with van der Waals surface area (Å²) in [6.07, 6.45) is 0.608. The maximum absolute atomic E-state index is 13.4. The van der Waals surface area contributed by atoms with E-state index in [1.807, 2.05) is 38.1 Å². The Balaban J connectivity index is 1.94. The molecule has 0 aromatic heterocycles. The number of sulfonamides is 1. The highest BCUT2D eigenvalue weighted by atomic mass is 32.2. The third-order valence-electron chi connectivity index (χ3n) is 5.17. The Hall–Kier alpha value is -3.72. The summed E-state index contributed by atoms with van der Waals surface area (Å²) < 4.78 is 27.7. The minimum atomic E-state index is -4.15. The van der Waals surface area contributed by atoms with Gasteiger partial charge in [-0.15, -0.1) is 0 Å². The van der Waals surface area contributed by atoms with E-state index in [1.54, 1.807) is 18.2 Å². The van der Waals surface area contributed by atoms with Gasteiger partial charge in [-0.2, -0.15) is 0 Å². The first-order valence-electron chi connectivity index (χ1n) is 10.4. The van der Waals surface area contributed by atoms with Gasteiger partial charge in [0.1, 0.15) is 6.54 Å². The number of benzene rings is 3. The summed E-state index contributed by atoms with van der Waals surface area (Å²) in [5.74, 6) is -0.520. The quantitative estimate of drug-likeness (QED) is 0.371. The molecule has 8 nitrogen and oxygen atoms in total. The zero-order valence-electron chi connectivity index (χ0n) is 18.3. The molecular formula is C24H25N3O5S. The molecule has 172 valence electrons. The van der Waals surface area contributed by atoms with E-state index < -0.39 is 27.4 Å². The number of hydrogen-bond donors (Lipinski definition) is 1. The summed E-state index contributed by atoms with van der Waals surface area (Å²) in [5, 5.41) is 14.1. The van der Waals surface area contributed by atoms with E-state index >= 15 is 0 Å². The van der Waals surface area contributed by atoms with Crippen molar-refractivity contribution >= 4 is 27.3 Å². The molecule has 0 radical (unpaired) electrons. The van der Waals surface area contributed by atoms with Crippen molar-refractivity contribution in [2.24, 2.45) is 0 Å². The molecule has 0 fully saturated rings. The van der Waals surface area contributed by atoms with E-state index in [2.05, 4.69) is 5.32 Å². The molecule has 1 amide bonds. The number of aryl methyl sites for hydroxylation is 1. The number of rotatable bonds is 9. The van der Waals surface area contributed by atoms with Gasteiger partial charge in [-0.05, 0) is 37.1 Å². The van der Waals surface area contributed by atoms with Gasteiger partial charge < -0.3 is 5.32 Å². The summed E-state index contributed by atoms with van der Waals surface area (Å²) >= 11 is 0. The fourth-order valence-corrected chi connectivity index (χ4v) is 4.82. The number of nitro groups is 1. The van der Waals surface area contributed by atoms with Crippen LogP contribution in [0.25, 0.3) is 0 Å². The number of anilines is 1. The van der Waals surface area contributed by atoms with Crippen LogP contribution in [0, 0.1) is 17.0 Å². The van der Waals surface area contributed by atoms with Gasteiger partial charge in [0.25, 0.3) is 15.7 Å². The van der Waals surface area contributed by atoms with Crippen molar-refractivity contribution < 1.29 is 18.1 Å². The summed E-state index contributed by atoms with van der Waals surface area (Å²) in [5.41, 5.74) is 1.76. The van der Waals surface area contributed by atoms with Crippen molar-refractivity contribution in [3.63, 3.8) is 0 Å². The number of nitro benzene ring substituents is 1. The van der Waals surface area contributed by atoms with Crippen LogP contribution in [0.3, 0.4) is 0 Å². The van der Waals surface area contributed by atoms with Crippen LogP contribution >= 0.6 is 0 Å². The predicted molar refractivity (Wildman–Crippen MR) is 126 cm³/mol. The molecular weight excluding hydrogens is 442 g/mol. The van der Waals surface area contributed by atoms with Crippen LogP contribution < -0.4 is 9.62 Å². The van der Waals surface area contributed by atoms with Crippen molar-refractivity contribution in [3.05, 3.63) is 100 Å². The summed E-state index contributed by atoms with van der Waals surface area (Å²) in [4.78, 5) is 23.6. The molecule has 9 heteroatoms. The summed E-state index contributed by atoms with van der Waals surface area (Å²) in [6, 6.07) is 20.3. The Labute approximate surface area is 193 Å². The molecule has 0 bridgehead atoms. The van der Waals surface area contributed by atoms with E-state index in [-0.39, 0.29) is 22.3 Å². The van der Waals surface area contributed by atoms with E-state index in [4.69, 9.17) is 0 Å². The van der Waals surface area contributed by atoms with E-state index in [0.717, 1.165) is 21.5 Å². The molecule has 33 heavy (non-hydrogen) atoms. The molecule has 3 aromatic rings. The van der Waals surface area contributed by atoms with Crippen LogP contribution in [-0.2, 0) is 14.8 Å². The number of nitrogens with zero attached hydrogens (tertiary/aromatic N) is 2. The molecule has 0 aliphatic rings.